The Balaban J connectivity index is 1.82. The number of benzene rings is 1. The molecule has 0 amide bonds. The Morgan fingerprint density at radius 2 is 2.15 bits per heavy atom. The third kappa shape index (κ3) is 4.96. The predicted octanol–water partition coefficient (Wildman–Crippen LogP) is 3.27. The summed E-state index contributed by atoms with van der Waals surface area (Å²) < 4.78 is 19.1. The first-order chi connectivity index (χ1) is 9.78. The van der Waals surface area contributed by atoms with Gasteiger partial charge in [0, 0.05) is 18.6 Å². The Morgan fingerprint density at radius 1 is 1.30 bits per heavy atom. The van der Waals surface area contributed by atoms with Crippen LogP contribution in [0.25, 0.3) is 0 Å². The Kier molecular flexibility index (Phi) is 6.04. The smallest absolute Gasteiger partial charge is 0.124 e. The Hall–Kier alpha value is -1.37. The van der Waals surface area contributed by atoms with E-state index in [0.717, 1.165) is 24.5 Å². The van der Waals surface area contributed by atoms with Crippen molar-refractivity contribution in [2.24, 2.45) is 5.92 Å². The quantitative estimate of drug-likeness (QED) is 0.638. The summed E-state index contributed by atoms with van der Waals surface area (Å²) in [5, 5.41) is 8.67. The molecule has 1 N–H and O–H groups in total. The first kappa shape index (κ1) is 15.0. The highest BCUT2D eigenvalue weighted by molar-refractivity contribution is 5.37. The molecule has 0 unspecified atom stereocenters. The van der Waals surface area contributed by atoms with Crippen LogP contribution in [-0.4, -0.2) is 18.3 Å². The van der Waals surface area contributed by atoms with Crippen LogP contribution in [0.5, 0.6) is 0 Å². The standard InChI is InChI=1S/C17H21FO2/c18-17-11-15(4-1-2-8-19)10-16(12-17)13-20-9-7-14-5-3-6-14/h10-12,14,19H,2-3,5-9,13H2. The molecule has 1 aliphatic carbocycles. The van der Waals surface area contributed by atoms with Gasteiger partial charge in [0.1, 0.15) is 5.82 Å². The Morgan fingerprint density at radius 3 is 2.85 bits per heavy atom. The van der Waals surface area contributed by atoms with Crippen LogP contribution in [0.2, 0.25) is 0 Å². The number of aliphatic hydroxyl groups excluding tert-OH is 1. The monoisotopic (exact) mass is 276 g/mol. The van der Waals surface area contributed by atoms with Gasteiger partial charge in [0.15, 0.2) is 0 Å². The average molecular weight is 276 g/mol. The summed E-state index contributed by atoms with van der Waals surface area (Å²) in [4.78, 5) is 0. The van der Waals surface area contributed by atoms with Gasteiger partial charge < -0.3 is 9.84 Å². The molecule has 0 atom stereocenters. The molecule has 1 aromatic carbocycles. The van der Waals surface area contributed by atoms with Crippen molar-refractivity contribution >= 4 is 0 Å². The minimum absolute atomic E-state index is 0.0272. The molecule has 108 valence electrons. The maximum absolute atomic E-state index is 13.5. The first-order valence-electron chi connectivity index (χ1n) is 7.25. The number of rotatable bonds is 6. The second-order valence-corrected chi connectivity index (χ2v) is 5.26. The van der Waals surface area contributed by atoms with E-state index < -0.39 is 0 Å². The van der Waals surface area contributed by atoms with E-state index in [-0.39, 0.29) is 12.4 Å². The highest BCUT2D eigenvalue weighted by Gasteiger charge is 2.16. The van der Waals surface area contributed by atoms with Crippen molar-refractivity contribution in [2.75, 3.05) is 13.2 Å². The van der Waals surface area contributed by atoms with Gasteiger partial charge in [-0.2, -0.15) is 0 Å². The zero-order valence-corrected chi connectivity index (χ0v) is 11.7. The fraction of sp³-hybridized carbons (Fsp3) is 0.529. The van der Waals surface area contributed by atoms with Gasteiger partial charge >= 0.3 is 0 Å². The molecule has 2 nitrogen and oxygen atoms in total. The van der Waals surface area contributed by atoms with Gasteiger partial charge in [-0.15, -0.1) is 0 Å². The van der Waals surface area contributed by atoms with Crippen molar-refractivity contribution in [3.8, 4) is 11.8 Å². The maximum atomic E-state index is 13.5. The van der Waals surface area contributed by atoms with Crippen molar-refractivity contribution < 1.29 is 14.2 Å². The van der Waals surface area contributed by atoms with E-state index >= 15 is 0 Å². The van der Waals surface area contributed by atoms with Gasteiger partial charge in [0.2, 0.25) is 0 Å². The van der Waals surface area contributed by atoms with E-state index in [1.54, 1.807) is 0 Å². The van der Waals surface area contributed by atoms with Crippen molar-refractivity contribution in [3.05, 3.63) is 35.1 Å². The number of aliphatic hydroxyl groups is 1. The van der Waals surface area contributed by atoms with E-state index in [2.05, 4.69) is 11.8 Å². The summed E-state index contributed by atoms with van der Waals surface area (Å²) in [7, 11) is 0. The summed E-state index contributed by atoms with van der Waals surface area (Å²) in [6.07, 6.45) is 5.52. The summed E-state index contributed by atoms with van der Waals surface area (Å²) in [6, 6.07) is 4.74. The van der Waals surface area contributed by atoms with E-state index in [1.807, 2.05) is 6.07 Å². The number of hydrogen-bond donors (Lipinski definition) is 1. The highest BCUT2D eigenvalue weighted by Crippen LogP contribution is 2.29. The van der Waals surface area contributed by atoms with Gasteiger partial charge in [-0.1, -0.05) is 31.1 Å². The van der Waals surface area contributed by atoms with E-state index in [1.165, 1.54) is 31.4 Å². The van der Waals surface area contributed by atoms with Crippen LogP contribution in [0.4, 0.5) is 4.39 Å². The second kappa shape index (κ2) is 8.04. The van der Waals surface area contributed by atoms with Crippen molar-refractivity contribution in [2.45, 2.75) is 38.7 Å². The summed E-state index contributed by atoms with van der Waals surface area (Å²) in [5.41, 5.74) is 1.45. The predicted molar refractivity (Wildman–Crippen MR) is 76.6 cm³/mol. The van der Waals surface area contributed by atoms with Crippen molar-refractivity contribution in [1.29, 1.82) is 0 Å². The lowest BCUT2D eigenvalue weighted by Crippen LogP contribution is -2.13. The topological polar surface area (TPSA) is 29.5 Å². The van der Waals surface area contributed by atoms with Crippen LogP contribution in [0.3, 0.4) is 0 Å². The van der Waals surface area contributed by atoms with E-state index in [4.69, 9.17) is 9.84 Å². The largest absolute Gasteiger partial charge is 0.395 e. The Labute approximate surface area is 120 Å². The number of halogens is 1. The maximum Gasteiger partial charge on any atom is 0.124 e. The van der Waals surface area contributed by atoms with Crippen LogP contribution in [0.1, 0.15) is 43.2 Å². The Bertz CT molecular complexity index is 483. The second-order valence-electron chi connectivity index (χ2n) is 5.26. The summed E-state index contributed by atoms with van der Waals surface area (Å²) in [5.74, 6) is 6.19. The zero-order valence-electron chi connectivity index (χ0n) is 11.7. The normalized spacial score (nSPS) is 14.5. The number of ether oxygens (including phenoxy) is 1. The molecule has 20 heavy (non-hydrogen) atoms. The van der Waals surface area contributed by atoms with Gasteiger partial charge in [-0.3, -0.25) is 0 Å². The fourth-order valence-corrected chi connectivity index (χ4v) is 2.25. The molecule has 0 radical (unpaired) electrons. The molecule has 0 heterocycles. The van der Waals surface area contributed by atoms with Crippen LogP contribution in [-0.2, 0) is 11.3 Å². The molecule has 1 aliphatic rings. The number of hydrogen-bond acceptors (Lipinski definition) is 2. The van der Waals surface area contributed by atoms with E-state index in [9.17, 15) is 4.39 Å². The third-order valence-corrected chi connectivity index (χ3v) is 3.59. The lowest BCUT2D eigenvalue weighted by molar-refractivity contribution is 0.0948. The molecular formula is C17H21FO2. The minimum Gasteiger partial charge on any atom is -0.395 e. The molecule has 1 saturated carbocycles. The van der Waals surface area contributed by atoms with Crippen molar-refractivity contribution in [1.82, 2.24) is 0 Å². The zero-order chi connectivity index (χ0) is 14.2. The molecule has 0 saturated heterocycles. The third-order valence-electron chi connectivity index (χ3n) is 3.59. The summed E-state index contributed by atoms with van der Waals surface area (Å²) >= 11 is 0. The molecule has 0 aliphatic heterocycles. The van der Waals surface area contributed by atoms with Gasteiger partial charge in [-0.25, -0.2) is 4.39 Å². The SMILES string of the molecule is OCCC#Cc1cc(F)cc(COCCC2CCC2)c1. The average Bonchev–Trinajstić information content (AvgIpc) is 2.36. The molecule has 1 fully saturated rings. The van der Waals surface area contributed by atoms with Crippen LogP contribution >= 0.6 is 0 Å². The molecule has 3 heteroatoms. The minimum atomic E-state index is -0.293. The van der Waals surface area contributed by atoms with Gasteiger partial charge in [0.25, 0.3) is 0 Å². The molecule has 1 aromatic rings. The summed E-state index contributed by atoms with van der Waals surface area (Å²) in [6.45, 7) is 1.20. The van der Waals surface area contributed by atoms with Crippen LogP contribution < -0.4 is 0 Å². The van der Waals surface area contributed by atoms with Gasteiger partial charge in [0.05, 0.1) is 13.2 Å². The van der Waals surface area contributed by atoms with Crippen LogP contribution in [0, 0.1) is 23.6 Å². The lowest BCUT2D eigenvalue weighted by Gasteiger charge is -2.24. The van der Waals surface area contributed by atoms with E-state index in [0.29, 0.717) is 18.6 Å². The molecule has 2 rings (SSSR count). The van der Waals surface area contributed by atoms with Gasteiger partial charge in [-0.05, 0) is 36.1 Å². The highest BCUT2D eigenvalue weighted by atomic mass is 19.1. The first-order valence-corrected chi connectivity index (χ1v) is 7.25. The molecular weight excluding hydrogens is 255 g/mol. The molecule has 0 aromatic heterocycles. The molecule has 0 spiro atoms. The van der Waals surface area contributed by atoms with Crippen LogP contribution in [0.15, 0.2) is 18.2 Å². The lowest BCUT2D eigenvalue weighted by atomic mass is 9.83. The fourth-order valence-electron chi connectivity index (χ4n) is 2.25. The molecule has 0 bridgehead atoms. The van der Waals surface area contributed by atoms with Crippen molar-refractivity contribution in [3.63, 3.8) is 0 Å².